The molecule has 0 aliphatic rings. The zero-order valence-electron chi connectivity index (χ0n) is 11.2. The maximum absolute atomic E-state index is 11.4. The van der Waals surface area contributed by atoms with Gasteiger partial charge in [0.1, 0.15) is 5.82 Å². The molecule has 0 radical (unpaired) electrons. The van der Waals surface area contributed by atoms with E-state index in [4.69, 9.17) is 0 Å². The van der Waals surface area contributed by atoms with E-state index >= 15 is 0 Å². The lowest BCUT2D eigenvalue weighted by molar-refractivity contribution is 0.0698. The molecule has 20 heavy (non-hydrogen) atoms. The van der Waals surface area contributed by atoms with Gasteiger partial charge in [-0.25, -0.2) is 9.78 Å². The number of carboxylic acids is 1. The van der Waals surface area contributed by atoms with Gasteiger partial charge >= 0.3 is 5.97 Å². The Labute approximate surface area is 115 Å². The van der Waals surface area contributed by atoms with Crippen LogP contribution in [0.1, 0.15) is 21.9 Å². The topological polar surface area (TPSA) is 72.9 Å². The number of aromatic nitrogens is 4. The molecule has 0 spiro atoms. The molecule has 3 rings (SSSR count). The number of nitrogens with zero attached hydrogens (tertiary/aromatic N) is 4. The van der Waals surface area contributed by atoms with Gasteiger partial charge in [0.05, 0.1) is 28.8 Å². The normalized spacial score (nSPS) is 11.1. The first-order valence-corrected chi connectivity index (χ1v) is 6.24. The van der Waals surface area contributed by atoms with Crippen LogP contribution in [-0.4, -0.2) is 30.4 Å². The first kappa shape index (κ1) is 12.4. The van der Waals surface area contributed by atoms with Crippen molar-refractivity contribution in [3.05, 3.63) is 47.5 Å². The van der Waals surface area contributed by atoms with Gasteiger partial charge in [-0.1, -0.05) is 6.07 Å². The molecule has 0 fully saturated rings. The first-order chi connectivity index (χ1) is 9.58. The quantitative estimate of drug-likeness (QED) is 0.788. The Bertz CT molecular complexity index is 801. The molecule has 0 atom stereocenters. The number of rotatable bonds is 3. The van der Waals surface area contributed by atoms with Crippen LogP contribution in [0.5, 0.6) is 0 Å². The monoisotopic (exact) mass is 270 g/mol. The van der Waals surface area contributed by atoms with Gasteiger partial charge in [0.25, 0.3) is 0 Å². The summed E-state index contributed by atoms with van der Waals surface area (Å²) in [4.78, 5) is 15.8. The summed E-state index contributed by atoms with van der Waals surface area (Å²) in [5.74, 6) is -0.156. The number of imidazole rings is 1. The lowest BCUT2D eigenvalue weighted by Gasteiger charge is -2.08. The molecular weight excluding hydrogens is 256 g/mol. The number of fused-ring (bicyclic) bond motifs is 1. The molecule has 0 aliphatic carbocycles. The van der Waals surface area contributed by atoms with E-state index < -0.39 is 5.97 Å². The highest BCUT2D eigenvalue weighted by Crippen LogP contribution is 2.21. The third-order valence-corrected chi connectivity index (χ3v) is 3.43. The molecule has 0 saturated heterocycles. The molecule has 2 heterocycles. The smallest absolute Gasteiger partial charge is 0.337 e. The number of aromatic carboxylic acids is 1. The van der Waals surface area contributed by atoms with E-state index in [-0.39, 0.29) is 5.56 Å². The summed E-state index contributed by atoms with van der Waals surface area (Å²) in [7, 11) is 1.86. The lowest BCUT2D eigenvalue weighted by atomic mass is 10.2. The fraction of sp³-hybridized carbons (Fsp3) is 0.214. The van der Waals surface area contributed by atoms with Gasteiger partial charge in [0.15, 0.2) is 0 Å². The van der Waals surface area contributed by atoms with Crippen LogP contribution in [0.4, 0.5) is 0 Å². The van der Waals surface area contributed by atoms with E-state index in [2.05, 4.69) is 10.1 Å². The minimum Gasteiger partial charge on any atom is -0.478 e. The average Bonchev–Trinajstić information content (AvgIpc) is 2.94. The summed E-state index contributed by atoms with van der Waals surface area (Å²) >= 11 is 0. The molecule has 0 aliphatic heterocycles. The highest BCUT2D eigenvalue weighted by atomic mass is 16.4. The molecule has 0 amide bonds. The van der Waals surface area contributed by atoms with E-state index in [0.29, 0.717) is 17.6 Å². The second-order valence-corrected chi connectivity index (χ2v) is 4.67. The van der Waals surface area contributed by atoms with Crippen LogP contribution in [0.15, 0.2) is 30.5 Å². The van der Waals surface area contributed by atoms with Crippen molar-refractivity contribution >= 4 is 17.0 Å². The largest absolute Gasteiger partial charge is 0.478 e. The van der Waals surface area contributed by atoms with E-state index in [1.54, 1.807) is 23.0 Å². The molecule has 0 unspecified atom stereocenters. The van der Waals surface area contributed by atoms with Gasteiger partial charge in [0.2, 0.25) is 0 Å². The molecule has 0 saturated carbocycles. The number of hydrogen-bond acceptors (Lipinski definition) is 3. The number of carbonyl (C=O) groups is 1. The molecule has 1 N–H and O–H groups in total. The van der Waals surface area contributed by atoms with Crippen LogP contribution in [0.25, 0.3) is 11.0 Å². The fourth-order valence-electron chi connectivity index (χ4n) is 2.39. The van der Waals surface area contributed by atoms with Crippen LogP contribution in [0.2, 0.25) is 0 Å². The Kier molecular flexibility index (Phi) is 2.78. The summed E-state index contributed by atoms with van der Waals surface area (Å²) in [5.41, 5.74) is 2.61. The molecule has 0 bridgehead atoms. The zero-order valence-corrected chi connectivity index (χ0v) is 11.2. The Morgan fingerprint density at radius 1 is 1.35 bits per heavy atom. The predicted molar refractivity (Wildman–Crippen MR) is 73.7 cm³/mol. The molecule has 6 nitrogen and oxygen atoms in total. The van der Waals surface area contributed by atoms with Gasteiger partial charge in [-0.15, -0.1) is 0 Å². The SMILES string of the molecule is Cc1nc2cccc(C(=O)O)c2n1Cc1ccnn1C. The third kappa shape index (κ3) is 1.85. The van der Waals surface area contributed by atoms with Gasteiger partial charge in [-0.05, 0) is 25.1 Å². The van der Waals surface area contributed by atoms with E-state index in [1.807, 2.05) is 30.7 Å². The number of carboxylic acid groups (broad SMARTS) is 1. The van der Waals surface area contributed by atoms with Gasteiger partial charge < -0.3 is 9.67 Å². The van der Waals surface area contributed by atoms with Crippen LogP contribution in [-0.2, 0) is 13.6 Å². The number of benzene rings is 1. The molecule has 1 aromatic carbocycles. The molecule has 6 heteroatoms. The standard InChI is InChI=1S/C14H14N4O2/c1-9-16-12-5-3-4-11(14(19)20)13(12)18(9)8-10-6-7-15-17(10)2/h3-7H,8H2,1-2H3,(H,19,20). The van der Waals surface area contributed by atoms with Crippen LogP contribution >= 0.6 is 0 Å². The highest BCUT2D eigenvalue weighted by Gasteiger charge is 2.16. The summed E-state index contributed by atoms with van der Waals surface area (Å²) in [5, 5.41) is 13.5. The van der Waals surface area contributed by atoms with E-state index in [9.17, 15) is 9.90 Å². The van der Waals surface area contributed by atoms with Crippen LogP contribution in [0.3, 0.4) is 0 Å². The van der Waals surface area contributed by atoms with Crippen LogP contribution < -0.4 is 0 Å². The molecule has 2 aromatic heterocycles. The number of para-hydroxylation sites is 1. The predicted octanol–water partition coefficient (Wildman–Crippen LogP) is 1.82. The Morgan fingerprint density at radius 3 is 2.80 bits per heavy atom. The highest BCUT2D eigenvalue weighted by molar-refractivity contribution is 6.01. The summed E-state index contributed by atoms with van der Waals surface area (Å²) < 4.78 is 3.68. The Hall–Kier alpha value is -2.63. The van der Waals surface area contributed by atoms with E-state index in [0.717, 1.165) is 11.5 Å². The zero-order chi connectivity index (χ0) is 14.3. The minimum atomic E-state index is -0.943. The maximum Gasteiger partial charge on any atom is 0.337 e. The minimum absolute atomic E-state index is 0.269. The maximum atomic E-state index is 11.4. The Morgan fingerprint density at radius 2 is 2.15 bits per heavy atom. The third-order valence-electron chi connectivity index (χ3n) is 3.43. The summed E-state index contributed by atoms with van der Waals surface area (Å²) in [6.07, 6.45) is 1.72. The van der Waals surface area contributed by atoms with Gasteiger partial charge in [-0.3, -0.25) is 4.68 Å². The van der Waals surface area contributed by atoms with Crippen molar-refractivity contribution in [2.45, 2.75) is 13.5 Å². The van der Waals surface area contributed by atoms with Crippen molar-refractivity contribution in [3.63, 3.8) is 0 Å². The Balaban J connectivity index is 2.22. The second kappa shape index (κ2) is 4.48. The van der Waals surface area contributed by atoms with Crippen molar-refractivity contribution in [1.29, 1.82) is 0 Å². The fourth-order valence-corrected chi connectivity index (χ4v) is 2.39. The van der Waals surface area contributed by atoms with Crippen molar-refractivity contribution in [2.24, 2.45) is 7.05 Å². The first-order valence-electron chi connectivity index (χ1n) is 6.24. The molecular formula is C14H14N4O2. The van der Waals surface area contributed by atoms with Crippen molar-refractivity contribution in [1.82, 2.24) is 19.3 Å². The van der Waals surface area contributed by atoms with Gasteiger partial charge in [0, 0.05) is 13.2 Å². The molecule has 102 valence electrons. The van der Waals surface area contributed by atoms with Crippen molar-refractivity contribution < 1.29 is 9.90 Å². The van der Waals surface area contributed by atoms with Gasteiger partial charge in [-0.2, -0.15) is 5.10 Å². The summed E-state index contributed by atoms with van der Waals surface area (Å²) in [6.45, 7) is 2.42. The summed E-state index contributed by atoms with van der Waals surface area (Å²) in [6, 6.07) is 7.06. The lowest BCUT2D eigenvalue weighted by Crippen LogP contribution is -2.09. The number of hydrogen-bond donors (Lipinski definition) is 1. The van der Waals surface area contributed by atoms with E-state index in [1.165, 1.54) is 0 Å². The second-order valence-electron chi connectivity index (χ2n) is 4.67. The van der Waals surface area contributed by atoms with Crippen LogP contribution in [0, 0.1) is 6.92 Å². The van der Waals surface area contributed by atoms with Crippen molar-refractivity contribution in [3.8, 4) is 0 Å². The number of aryl methyl sites for hydroxylation is 2. The van der Waals surface area contributed by atoms with Crippen molar-refractivity contribution in [2.75, 3.05) is 0 Å². The average molecular weight is 270 g/mol. The molecule has 3 aromatic rings.